The molecule has 1 aromatic carbocycles. The van der Waals surface area contributed by atoms with Crippen LogP contribution in [0.3, 0.4) is 0 Å². The van der Waals surface area contributed by atoms with Crippen LogP contribution >= 0.6 is 0 Å². The zero-order valence-electron chi connectivity index (χ0n) is 11.3. The van der Waals surface area contributed by atoms with Gasteiger partial charge in [0.25, 0.3) is 0 Å². The predicted octanol–water partition coefficient (Wildman–Crippen LogP) is 3.18. The van der Waals surface area contributed by atoms with E-state index in [0.29, 0.717) is 6.04 Å². The fraction of sp³-hybridized carbons (Fsp3) is 0.571. The quantitative estimate of drug-likeness (QED) is 0.756. The lowest BCUT2D eigenvalue weighted by Gasteiger charge is -2.31. The predicted molar refractivity (Wildman–Crippen MR) is 70.2 cm³/mol. The Morgan fingerprint density at radius 1 is 1.00 bits per heavy atom. The van der Waals surface area contributed by atoms with Crippen LogP contribution in [0.1, 0.15) is 46.2 Å². The summed E-state index contributed by atoms with van der Waals surface area (Å²) in [5.41, 5.74) is 1.06. The molecule has 0 amide bonds. The molecule has 0 aliphatic carbocycles. The highest BCUT2D eigenvalue weighted by Crippen LogP contribution is 2.27. The molecule has 0 heterocycles. The number of nitrogens with one attached hydrogen (secondary N) is 1. The Hall–Kier alpha value is -1.22. The standard InChI is InChI=1S/C14H23NO2/c1-9(15-10(2)14(3,4)5)11-6-12(16)8-13(17)7-11/h6-10,15-17H,1-5H3. The van der Waals surface area contributed by atoms with E-state index >= 15 is 0 Å². The first-order valence-electron chi connectivity index (χ1n) is 5.99. The molecule has 0 aromatic heterocycles. The molecule has 3 N–H and O–H groups in total. The molecular formula is C14H23NO2. The van der Waals surface area contributed by atoms with Gasteiger partial charge in [-0.1, -0.05) is 20.8 Å². The first kappa shape index (κ1) is 13.8. The van der Waals surface area contributed by atoms with Crippen LogP contribution in [0.5, 0.6) is 11.5 Å². The summed E-state index contributed by atoms with van der Waals surface area (Å²) in [6.45, 7) is 10.7. The molecule has 0 saturated heterocycles. The molecule has 1 aromatic rings. The second-order valence-electron chi connectivity index (χ2n) is 5.76. The Labute approximate surface area is 103 Å². The van der Waals surface area contributed by atoms with E-state index in [1.54, 1.807) is 12.1 Å². The number of rotatable bonds is 3. The molecule has 0 radical (unpaired) electrons. The van der Waals surface area contributed by atoms with E-state index in [1.807, 2.05) is 6.92 Å². The Kier molecular flexibility index (Phi) is 4.04. The first-order valence-corrected chi connectivity index (χ1v) is 5.99. The molecule has 0 aliphatic rings. The molecule has 1 rings (SSSR count). The maximum atomic E-state index is 9.45. The van der Waals surface area contributed by atoms with E-state index in [2.05, 4.69) is 33.0 Å². The van der Waals surface area contributed by atoms with Gasteiger partial charge in [0.15, 0.2) is 0 Å². The van der Waals surface area contributed by atoms with Crippen molar-refractivity contribution in [2.75, 3.05) is 0 Å². The summed E-state index contributed by atoms with van der Waals surface area (Å²) >= 11 is 0. The molecule has 3 heteroatoms. The van der Waals surface area contributed by atoms with E-state index in [1.165, 1.54) is 6.07 Å². The van der Waals surface area contributed by atoms with E-state index < -0.39 is 0 Å². The molecule has 0 fully saturated rings. The maximum absolute atomic E-state index is 9.45. The fourth-order valence-corrected chi connectivity index (χ4v) is 1.59. The molecular weight excluding hydrogens is 214 g/mol. The van der Waals surface area contributed by atoms with Crippen LogP contribution in [0.15, 0.2) is 18.2 Å². The van der Waals surface area contributed by atoms with Crippen molar-refractivity contribution in [3.63, 3.8) is 0 Å². The van der Waals surface area contributed by atoms with Gasteiger partial charge in [0.05, 0.1) is 0 Å². The Morgan fingerprint density at radius 3 is 1.88 bits per heavy atom. The van der Waals surface area contributed by atoms with Crippen molar-refractivity contribution in [1.82, 2.24) is 5.32 Å². The molecule has 0 saturated carbocycles. The van der Waals surface area contributed by atoms with Gasteiger partial charge < -0.3 is 15.5 Å². The van der Waals surface area contributed by atoms with Gasteiger partial charge in [-0.15, -0.1) is 0 Å². The lowest BCUT2D eigenvalue weighted by Crippen LogP contribution is -2.39. The SMILES string of the molecule is CC(NC(C)C(C)(C)C)c1cc(O)cc(O)c1. The molecule has 2 unspecified atom stereocenters. The summed E-state index contributed by atoms with van der Waals surface area (Å²) in [4.78, 5) is 0. The van der Waals surface area contributed by atoms with Crippen molar-refractivity contribution in [3.8, 4) is 11.5 Å². The minimum absolute atomic E-state index is 0.0854. The molecule has 96 valence electrons. The van der Waals surface area contributed by atoms with Crippen molar-refractivity contribution < 1.29 is 10.2 Å². The van der Waals surface area contributed by atoms with Crippen LogP contribution in [0.2, 0.25) is 0 Å². The fourth-order valence-electron chi connectivity index (χ4n) is 1.59. The van der Waals surface area contributed by atoms with E-state index in [-0.39, 0.29) is 23.0 Å². The minimum Gasteiger partial charge on any atom is -0.508 e. The summed E-state index contributed by atoms with van der Waals surface area (Å²) < 4.78 is 0. The third-order valence-electron chi connectivity index (χ3n) is 3.22. The van der Waals surface area contributed by atoms with Crippen molar-refractivity contribution >= 4 is 0 Å². The van der Waals surface area contributed by atoms with Crippen LogP contribution in [0, 0.1) is 5.41 Å². The molecule has 0 bridgehead atoms. The van der Waals surface area contributed by atoms with Crippen LogP contribution in [-0.2, 0) is 0 Å². The topological polar surface area (TPSA) is 52.5 Å². The van der Waals surface area contributed by atoms with E-state index in [0.717, 1.165) is 5.56 Å². The summed E-state index contributed by atoms with van der Waals surface area (Å²) in [6, 6.07) is 5.10. The number of aromatic hydroxyl groups is 2. The van der Waals surface area contributed by atoms with Gasteiger partial charge in [-0.2, -0.15) is 0 Å². The summed E-state index contributed by atoms with van der Waals surface area (Å²) in [7, 11) is 0. The second-order valence-corrected chi connectivity index (χ2v) is 5.76. The van der Waals surface area contributed by atoms with Gasteiger partial charge in [-0.25, -0.2) is 0 Å². The van der Waals surface area contributed by atoms with Crippen LogP contribution in [-0.4, -0.2) is 16.3 Å². The summed E-state index contributed by atoms with van der Waals surface area (Å²) in [5, 5.41) is 22.4. The highest BCUT2D eigenvalue weighted by molar-refractivity contribution is 5.37. The summed E-state index contributed by atoms with van der Waals surface area (Å²) in [5.74, 6) is 0.189. The average molecular weight is 237 g/mol. The third kappa shape index (κ3) is 3.93. The Bertz CT molecular complexity index is 362. The zero-order valence-corrected chi connectivity index (χ0v) is 11.3. The lowest BCUT2D eigenvalue weighted by atomic mass is 9.87. The molecule has 17 heavy (non-hydrogen) atoms. The minimum atomic E-state index is 0.0854. The largest absolute Gasteiger partial charge is 0.508 e. The molecule has 0 aliphatic heterocycles. The van der Waals surface area contributed by atoms with Crippen LogP contribution < -0.4 is 5.32 Å². The van der Waals surface area contributed by atoms with Crippen molar-refractivity contribution in [2.45, 2.75) is 46.7 Å². The smallest absolute Gasteiger partial charge is 0.119 e. The van der Waals surface area contributed by atoms with Crippen molar-refractivity contribution in [2.24, 2.45) is 5.41 Å². The molecule has 2 atom stereocenters. The Balaban J connectivity index is 2.79. The highest BCUT2D eigenvalue weighted by atomic mass is 16.3. The van der Waals surface area contributed by atoms with Gasteiger partial charge >= 0.3 is 0 Å². The first-order chi connectivity index (χ1) is 7.70. The van der Waals surface area contributed by atoms with Crippen LogP contribution in [0.4, 0.5) is 0 Å². The van der Waals surface area contributed by atoms with Gasteiger partial charge in [-0.05, 0) is 37.0 Å². The van der Waals surface area contributed by atoms with Crippen molar-refractivity contribution in [3.05, 3.63) is 23.8 Å². The monoisotopic (exact) mass is 237 g/mol. The number of phenolic OH excluding ortho intramolecular Hbond substituents is 2. The van der Waals surface area contributed by atoms with Crippen LogP contribution in [0.25, 0.3) is 0 Å². The highest BCUT2D eigenvalue weighted by Gasteiger charge is 2.22. The lowest BCUT2D eigenvalue weighted by molar-refractivity contribution is 0.268. The molecule has 0 spiro atoms. The zero-order chi connectivity index (χ0) is 13.2. The van der Waals surface area contributed by atoms with Gasteiger partial charge in [0.2, 0.25) is 0 Å². The van der Waals surface area contributed by atoms with Crippen molar-refractivity contribution in [1.29, 1.82) is 0 Å². The average Bonchev–Trinajstić information content (AvgIpc) is 2.14. The van der Waals surface area contributed by atoms with E-state index in [9.17, 15) is 10.2 Å². The number of hydrogen-bond acceptors (Lipinski definition) is 3. The summed E-state index contributed by atoms with van der Waals surface area (Å²) in [6.07, 6.45) is 0. The van der Waals surface area contributed by atoms with Gasteiger partial charge in [0.1, 0.15) is 11.5 Å². The third-order valence-corrected chi connectivity index (χ3v) is 3.22. The van der Waals surface area contributed by atoms with Gasteiger partial charge in [-0.3, -0.25) is 0 Å². The second kappa shape index (κ2) is 4.96. The number of hydrogen-bond donors (Lipinski definition) is 3. The van der Waals surface area contributed by atoms with Gasteiger partial charge in [0, 0.05) is 18.2 Å². The normalized spacial score (nSPS) is 15.6. The maximum Gasteiger partial charge on any atom is 0.119 e. The number of phenols is 2. The number of benzene rings is 1. The Morgan fingerprint density at radius 2 is 1.47 bits per heavy atom. The van der Waals surface area contributed by atoms with E-state index in [4.69, 9.17) is 0 Å². The molecule has 3 nitrogen and oxygen atoms in total.